The first-order valence-corrected chi connectivity index (χ1v) is 11.4. The van der Waals surface area contributed by atoms with E-state index in [9.17, 15) is 13.2 Å². The van der Waals surface area contributed by atoms with E-state index in [4.69, 9.17) is 4.74 Å². The molecule has 152 valence electrons. The van der Waals surface area contributed by atoms with Crippen molar-refractivity contribution in [1.29, 1.82) is 0 Å². The van der Waals surface area contributed by atoms with Crippen molar-refractivity contribution in [3.63, 3.8) is 0 Å². The van der Waals surface area contributed by atoms with Crippen LogP contribution in [0.15, 0.2) is 70.3 Å². The standard InChI is InChI=1S/C21H22N2O4S2/c1-3-23(15-16-6-12-19(27-2)13-7-16)21(24)17-8-10-18(11-9-17)22-29(25,26)20-5-4-14-28-20/h4-14,22H,3,15H2,1-2H3. The third-order valence-corrected chi connectivity index (χ3v) is 7.12. The molecule has 0 fully saturated rings. The highest BCUT2D eigenvalue weighted by molar-refractivity contribution is 7.94. The van der Waals surface area contributed by atoms with Crippen LogP contribution in [0.25, 0.3) is 0 Å². The van der Waals surface area contributed by atoms with Gasteiger partial charge in [-0.2, -0.15) is 0 Å². The zero-order valence-corrected chi connectivity index (χ0v) is 17.8. The summed E-state index contributed by atoms with van der Waals surface area (Å²) in [5.74, 6) is 0.652. The summed E-state index contributed by atoms with van der Waals surface area (Å²) in [6.07, 6.45) is 0. The lowest BCUT2D eigenvalue weighted by Gasteiger charge is -2.21. The maximum Gasteiger partial charge on any atom is 0.271 e. The number of methoxy groups -OCH3 is 1. The molecule has 1 N–H and O–H groups in total. The van der Waals surface area contributed by atoms with Crippen molar-refractivity contribution in [2.45, 2.75) is 17.7 Å². The predicted octanol–water partition coefficient (Wildman–Crippen LogP) is 4.22. The molecular weight excluding hydrogens is 408 g/mol. The van der Waals surface area contributed by atoms with E-state index >= 15 is 0 Å². The van der Waals surface area contributed by atoms with Gasteiger partial charge in [0.05, 0.1) is 7.11 Å². The number of benzene rings is 2. The molecule has 1 aromatic heterocycles. The molecule has 1 heterocycles. The number of hydrogen-bond donors (Lipinski definition) is 1. The van der Waals surface area contributed by atoms with Crippen molar-refractivity contribution < 1.29 is 17.9 Å². The lowest BCUT2D eigenvalue weighted by Crippen LogP contribution is -2.30. The highest BCUT2D eigenvalue weighted by atomic mass is 32.2. The molecule has 0 radical (unpaired) electrons. The minimum Gasteiger partial charge on any atom is -0.497 e. The van der Waals surface area contributed by atoms with Crippen LogP contribution >= 0.6 is 11.3 Å². The van der Waals surface area contributed by atoms with Gasteiger partial charge in [-0.05, 0) is 60.3 Å². The fourth-order valence-corrected chi connectivity index (χ4v) is 4.82. The first-order chi connectivity index (χ1) is 13.9. The van der Waals surface area contributed by atoms with E-state index in [1.54, 1.807) is 53.8 Å². The second-order valence-electron chi connectivity index (χ2n) is 6.28. The number of ether oxygens (including phenoxy) is 1. The average molecular weight is 431 g/mol. The smallest absolute Gasteiger partial charge is 0.271 e. The maximum absolute atomic E-state index is 12.9. The molecular formula is C21H22N2O4S2. The first-order valence-electron chi connectivity index (χ1n) is 9.01. The van der Waals surface area contributed by atoms with Crippen LogP contribution < -0.4 is 9.46 Å². The van der Waals surface area contributed by atoms with Gasteiger partial charge in [-0.3, -0.25) is 9.52 Å². The number of carbonyl (C=O) groups excluding carboxylic acids is 1. The molecule has 0 aliphatic heterocycles. The van der Waals surface area contributed by atoms with E-state index in [2.05, 4.69) is 4.72 Å². The van der Waals surface area contributed by atoms with Crippen molar-refractivity contribution in [3.05, 3.63) is 77.2 Å². The van der Waals surface area contributed by atoms with Crippen LogP contribution in [0.2, 0.25) is 0 Å². The number of rotatable bonds is 8. The summed E-state index contributed by atoms with van der Waals surface area (Å²) in [5.41, 5.74) is 1.91. The van der Waals surface area contributed by atoms with E-state index in [-0.39, 0.29) is 10.1 Å². The Bertz CT molecular complexity index is 1050. The van der Waals surface area contributed by atoms with Gasteiger partial charge in [-0.1, -0.05) is 18.2 Å². The van der Waals surface area contributed by atoms with Crippen molar-refractivity contribution in [2.75, 3.05) is 18.4 Å². The molecule has 29 heavy (non-hydrogen) atoms. The number of nitrogens with zero attached hydrogens (tertiary/aromatic N) is 1. The van der Waals surface area contributed by atoms with Crippen molar-refractivity contribution in [3.8, 4) is 5.75 Å². The minimum atomic E-state index is -3.61. The number of carbonyl (C=O) groups is 1. The molecule has 1 amide bonds. The van der Waals surface area contributed by atoms with Crippen molar-refractivity contribution in [2.24, 2.45) is 0 Å². The van der Waals surface area contributed by atoms with Crippen LogP contribution in [0.4, 0.5) is 5.69 Å². The highest BCUT2D eigenvalue weighted by Gasteiger charge is 2.17. The van der Waals surface area contributed by atoms with Gasteiger partial charge < -0.3 is 9.64 Å². The van der Waals surface area contributed by atoms with Gasteiger partial charge in [0.2, 0.25) is 0 Å². The molecule has 0 spiro atoms. The molecule has 6 nitrogen and oxygen atoms in total. The number of hydrogen-bond acceptors (Lipinski definition) is 5. The summed E-state index contributed by atoms with van der Waals surface area (Å²) >= 11 is 1.15. The highest BCUT2D eigenvalue weighted by Crippen LogP contribution is 2.21. The largest absolute Gasteiger partial charge is 0.497 e. The van der Waals surface area contributed by atoms with Gasteiger partial charge in [0.15, 0.2) is 0 Å². The Morgan fingerprint density at radius 3 is 2.31 bits per heavy atom. The molecule has 0 bridgehead atoms. The van der Waals surface area contributed by atoms with E-state index < -0.39 is 10.0 Å². The second-order valence-corrected chi connectivity index (χ2v) is 9.14. The molecule has 8 heteroatoms. The lowest BCUT2D eigenvalue weighted by molar-refractivity contribution is 0.0752. The van der Waals surface area contributed by atoms with Crippen LogP contribution in [0.3, 0.4) is 0 Å². The SMILES string of the molecule is CCN(Cc1ccc(OC)cc1)C(=O)c1ccc(NS(=O)(=O)c2cccs2)cc1. The summed E-state index contributed by atoms with van der Waals surface area (Å²) in [6, 6.07) is 17.3. The Morgan fingerprint density at radius 1 is 1.07 bits per heavy atom. The predicted molar refractivity (Wildman–Crippen MR) is 115 cm³/mol. The Hall–Kier alpha value is -2.84. The Labute approximate surface area is 174 Å². The van der Waals surface area contributed by atoms with Crippen LogP contribution in [0.5, 0.6) is 5.75 Å². The van der Waals surface area contributed by atoms with Gasteiger partial charge in [0.1, 0.15) is 9.96 Å². The van der Waals surface area contributed by atoms with Crippen LogP contribution in [-0.4, -0.2) is 32.9 Å². The zero-order valence-electron chi connectivity index (χ0n) is 16.2. The van der Waals surface area contributed by atoms with E-state index in [1.807, 2.05) is 31.2 Å². The molecule has 0 unspecified atom stereocenters. The molecule has 0 atom stereocenters. The summed E-state index contributed by atoms with van der Waals surface area (Å²) in [4.78, 5) is 14.6. The third-order valence-electron chi connectivity index (χ3n) is 4.35. The van der Waals surface area contributed by atoms with Crippen LogP contribution in [-0.2, 0) is 16.6 Å². The molecule has 0 saturated carbocycles. The monoisotopic (exact) mass is 430 g/mol. The normalized spacial score (nSPS) is 11.1. The first kappa shape index (κ1) is 20.9. The fraction of sp³-hybridized carbons (Fsp3) is 0.190. The Kier molecular flexibility index (Phi) is 6.56. The van der Waals surface area contributed by atoms with Crippen LogP contribution in [0, 0.1) is 0 Å². The molecule has 0 aliphatic rings. The Balaban J connectivity index is 1.69. The molecule has 3 aromatic rings. The topological polar surface area (TPSA) is 75.7 Å². The van der Waals surface area contributed by atoms with Gasteiger partial charge >= 0.3 is 0 Å². The number of sulfonamides is 1. The van der Waals surface area contributed by atoms with E-state index in [0.29, 0.717) is 24.3 Å². The number of anilines is 1. The van der Waals surface area contributed by atoms with Gasteiger partial charge in [0.25, 0.3) is 15.9 Å². The average Bonchev–Trinajstić information content (AvgIpc) is 3.28. The quantitative estimate of drug-likeness (QED) is 0.581. The van der Waals surface area contributed by atoms with E-state index in [0.717, 1.165) is 22.6 Å². The summed E-state index contributed by atoms with van der Waals surface area (Å²) in [7, 11) is -2.00. The Morgan fingerprint density at radius 2 is 1.76 bits per heavy atom. The molecule has 2 aromatic carbocycles. The van der Waals surface area contributed by atoms with Gasteiger partial charge in [-0.15, -0.1) is 11.3 Å². The van der Waals surface area contributed by atoms with Gasteiger partial charge in [-0.25, -0.2) is 8.42 Å². The number of thiophene rings is 1. The zero-order chi connectivity index (χ0) is 20.9. The second kappa shape index (κ2) is 9.11. The van der Waals surface area contributed by atoms with Crippen LogP contribution in [0.1, 0.15) is 22.8 Å². The van der Waals surface area contributed by atoms with E-state index in [1.165, 1.54) is 0 Å². The third kappa shape index (κ3) is 5.16. The molecule has 0 aliphatic carbocycles. The number of amides is 1. The molecule has 3 rings (SSSR count). The number of nitrogens with one attached hydrogen (secondary N) is 1. The van der Waals surface area contributed by atoms with Crippen molar-refractivity contribution in [1.82, 2.24) is 4.90 Å². The summed E-state index contributed by atoms with van der Waals surface area (Å²) in [5, 5.41) is 1.71. The van der Waals surface area contributed by atoms with Gasteiger partial charge in [0, 0.05) is 24.3 Å². The molecule has 0 saturated heterocycles. The van der Waals surface area contributed by atoms with Crippen molar-refractivity contribution >= 4 is 33.0 Å². The lowest BCUT2D eigenvalue weighted by atomic mass is 10.1. The summed E-state index contributed by atoms with van der Waals surface area (Å²) < 4.78 is 32.5. The minimum absolute atomic E-state index is 0.115. The maximum atomic E-state index is 12.9. The summed E-state index contributed by atoms with van der Waals surface area (Å²) in [6.45, 7) is 2.95. The fourth-order valence-electron chi connectivity index (χ4n) is 2.76.